The maximum absolute atomic E-state index is 12.3. The van der Waals surface area contributed by atoms with Gasteiger partial charge in [0.25, 0.3) is 0 Å². The van der Waals surface area contributed by atoms with Crippen LogP contribution in [0.3, 0.4) is 0 Å². The Morgan fingerprint density at radius 3 is 1.77 bits per heavy atom. The molecule has 13 heavy (non-hydrogen) atoms. The minimum absolute atomic E-state index is 0.567. The van der Waals surface area contributed by atoms with Crippen molar-refractivity contribution in [1.82, 2.24) is 0 Å². The zero-order valence-corrected chi connectivity index (χ0v) is 9.32. The molecule has 0 heterocycles. The Labute approximate surface area is 88.3 Å². The Hall–Kier alpha value is -0.260. The van der Waals surface area contributed by atoms with Crippen LogP contribution in [-0.2, 0) is 6.18 Å². The second kappa shape index (κ2) is 3.48. The van der Waals surface area contributed by atoms with E-state index in [9.17, 15) is 13.2 Å². The van der Waals surface area contributed by atoms with Crippen molar-refractivity contribution in [2.45, 2.75) is 20.0 Å². The number of halogens is 4. The number of hydrogen-bond acceptors (Lipinski definition) is 0. The predicted octanol–water partition coefficient (Wildman–Crippen LogP) is 3.93. The lowest BCUT2D eigenvalue weighted by Gasteiger charge is -2.10. The molecule has 1 aromatic rings. The van der Waals surface area contributed by atoms with Crippen molar-refractivity contribution >= 4 is 22.6 Å². The molecule has 0 aliphatic heterocycles. The van der Waals surface area contributed by atoms with Gasteiger partial charge >= 0.3 is 6.18 Å². The van der Waals surface area contributed by atoms with E-state index in [1.54, 1.807) is 13.8 Å². The number of alkyl halides is 3. The first-order valence-electron chi connectivity index (χ1n) is 3.66. The fourth-order valence-electron chi connectivity index (χ4n) is 1.11. The summed E-state index contributed by atoms with van der Waals surface area (Å²) in [5.74, 6) is 0. The number of hydrogen-bond donors (Lipinski definition) is 0. The molecule has 0 bridgehead atoms. The van der Waals surface area contributed by atoms with Gasteiger partial charge in [-0.05, 0) is 59.7 Å². The molecule has 72 valence electrons. The van der Waals surface area contributed by atoms with Gasteiger partial charge in [0.1, 0.15) is 0 Å². The fraction of sp³-hybridized carbons (Fsp3) is 0.333. The van der Waals surface area contributed by atoms with Crippen LogP contribution in [0.4, 0.5) is 13.2 Å². The van der Waals surface area contributed by atoms with Gasteiger partial charge in [0.05, 0.1) is 5.56 Å². The molecule has 0 unspecified atom stereocenters. The summed E-state index contributed by atoms with van der Waals surface area (Å²) in [6.45, 7) is 3.37. The van der Waals surface area contributed by atoms with Crippen molar-refractivity contribution in [1.29, 1.82) is 0 Å². The Kier molecular flexibility index (Phi) is 2.89. The van der Waals surface area contributed by atoms with Gasteiger partial charge in [0.2, 0.25) is 0 Å². The van der Waals surface area contributed by atoms with Gasteiger partial charge in [-0.1, -0.05) is 0 Å². The van der Waals surface area contributed by atoms with Crippen LogP contribution in [0.2, 0.25) is 0 Å². The zero-order valence-electron chi connectivity index (χ0n) is 7.17. The van der Waals surface area contributed by atoms with Gasteiger partial charge < -0.3 is 0 Å². The van der Waals surface area contributed by atoms with Crippen molar-refractivity contribution in [2.75, 3.05) is 0 Å². The predicted molar refractivity (Wildman–Crippen MR) is 53.6 cm³/mol. The largest absolute Gasteiger partial charge is 0.416 e. The average molecular weight is 300 g/mol. The van der Waals surface area contributed by atoms with Crippen LogP contribution in [0.15, 0.2) is 12.1 Å². The summed E-state index contributed by atoms with van der Waals surface area (Å²) in [7, 11) is 0. The van der Waals surface area contributed by atoms with Crippen molar-refractivity contribution in [2.24, 2.45) is 0 Å². The minimum atomic E-state index is -4.24. The summed E-state index contributed by atoms with van der Waals surface area (Å²) in [6.07, 6.45) is -4.24. The van der Waals surface area contributed by atoms with Gasteiger partial charge in [-0.3, -0.25) is 0 Å². The van der Waals surface area contributed by atoms with Crippen LogP contribution < -0.4 is 0 Å². The highest BCUT2D eigenvalue weighted by Gasteiger charge is 2.31. The highest BCUT2D eigenvalue weighted by Crippen LogP contribution is 2.32. The van der Waals surface area contributed by atoms with Gasteiger partial charge in [-0.2, -0.15) is 13.2 Å². The molecule has 1 aromatic carbocycles. The molecule has 0 saturated heterocycles. The van der Waals surface area contributed by atoms with Crippen molar-refractivity contribution < 1.29 is 13.2 Å². The topological polar surface area (TPSA) is 0 Å². The standard InChI is InChI=1S/C9H8F3I/c1-5-3-7(9(10,11)12)4-6(2)8(5)13/h3-4H,1-2H3. The SMILES string of the molecule is Cc1cc(C(F)(F)F)cc(C)c1I. The summed E-state index contributed by atoms with van der Waals surface area (Å²) < 4.78 is 37.7. The van der Waals surface area contributed by atoms with E-state index < -0.39 is 11.7 Å². The van der Waals surface area contributed by atoms with Crippen LogP contribution >= 0.6 is 22.6 Å². The average Bonchev–Trinajstić information content (AvgIpc) is 1.97. The van der Waals surface area contributed by atoms with E-state index in [1.165, 1.54) is 12.1 Å². The van der Waals surface area contributed by atoms with Crippen LogP contribution in [0, 0.1) is 17.4 Å². The summed E-state index contributed by atoms with van der Waals surface area (Å²) >= 11 is 2.05. The molecule has 4 heteroatoms. The Morgan fingerprint density at radius 2 is 1.46 bits per heavy atom. The van der Waals surface area contributed by atoms with Crippen LogP contribution in [-0.4, -0.2) is 0 Å². The zero-order chi connectivity index (χ0) is 10.2. The maximum Gasteiger partial charge on any atom is 0.416 e. The molecule has 0 radical (unpaired) electrons. The third-order valence-corrected chi connectivity index (χ3v) is 3.47. The molecule has 0 atom stereocenters. The molecular formula is C9H8F3I. The molecule has 0 spiro atoms. The van der Waals surface area contributed by atoms with Gasteiger partial charge in [0, 0.05) is 3.57 Å². The molecule has 0 aliphatic carbocycles. The molecule has 0 nitrogen and oxygen atoms in total. The lowest BCUT2D eigenvalue weighted by atomic mass is 10.1. The molecular weight excluding hydrogens is 292 g/mol. The van der Waals surface area contributed by atoms with Crippen molar-refractivity contribution in [3.8, 4) is 0 Å². The summed E-state index contributed by atoms with van der Waals surface area (Å²) in [5, 5.41) is 0. The van der Waals surface area contributed by atoms with E-state index in [0.29, 0.717) is 11.1 Å². The van der Waals surface area contributed by atoms with E-state index in [-0.39, 0.29) is 0 Å². The Morgan fingerprint density at radius 1 is 1.08 bits per heavy atom. The van der Waals surface area contributed by atoms with Crippen LogP contribution in [0.1, 0.15) is 16.7 Å². The van der Waals surface area contributed by atoms with E-state index >= 15 is 0 Å². The van der Waals surface area contributed by atoms with Gasteiger partial charge in [-0.15, -0.1) is 0 Å². The van der Waals surface area contributed by atoms with Crippen molar-refractivity contribution in [3.63, 3.8) is 0 Å². The first kappa shape index (κ1) is 10.8. The molecule has 1 rings (SSSR count). The number of aryl methyl sites for hydroxylation is 2. The molecule has 0 saturated carbocycles. The number of rotatable bonds is 0. The van der Waals surface area contributed by atoms with Crippen molar-refractivity contribution in [3.05, 3.63) is 32.4 Å². The molecule has 0 N–H and O–H groups in total. The molecule has 0 aliphatic rings. The van der Waals surface area contributed by atoms with Gasteiger partial charge in [-0.25, -0.2) is 0 Å². The summed E-state index contributed by atoms with van der Waals surface area (Å²) in [5.41, 5.74) is 0.781. The summed E-state index contributed by atoms with van der Waals surface area (Å²) in [6, 6.07) is 2.35. The first-order chi connectivity index (χ1) is 5.82. The van der Waals surface area contributed by atoms with Crippen LogP contribution in [0.25, 0.3) is 0 Å². The van der Waals surface area contributed by atoms with Crippen LogP contribution in [0.5, 0.6) is 0 Å². The quantitative estimate of drug-likeness (QED) is 0.637. The highest BCUT2D eigenvalue weighted by molar-refractivity contribution is 14.1. The Balaban J connectivity index is 3.29. The smallest absolute Gasteiger partial charge is 0.166 e. The molecule has 0 amide bonds. The third-order valence-electron chi connectivity index (χ3n) is 1.76. The van der Waals surface area contributed by atoms with E-state index in [4.69, 9.17) is 0 Å². The molecule has 0 fully saturated rings. The van der Waals surface area contributed by atoms with E-state index in [1.807, 2.05) is 22.6 Å². The minimum Gasteiger partial charge on any atom is -0.166 e. The second-order valence-corrected chi connectivity index (χ2v) is 4.00. The number of benzene rings is 1. The summed E-state index contributed by atoms with van der Waals surface area (Å²) in [4.78, 5) is 0. The lowest BCUT2D eigenvalue weighted by Crippen LogP contribution is -2.06. The monoisotopic (exact) mass is 300 g/mol. The third kappa shape index (κ3) is 2.36. The maximum atomic E-state index is 12.3. The molecule has 0 aromatic heterocycles. The normalized spacial score (nSPS) is 11.8. The van der Waals surface area contributed by atoms with Gasteiger partial charge in [0.15, 0.2) is 0 Å². The fourth-order valence-corrected chi connectivity index (χ4v) is 1.42. The lowest BCUT2D eigenvalue weighted by molar-refractivity contribution is -0.137. The second-order valence-electron chi connectivity index (χ2n) is 2.92. The van der Waals surface area contributed by atoms with E-state index in [2.05, 4.69) is 0 Å². The highest BCUT2D eigenvalue weighted by atomic mass is 127. The Bertz CT molecular complexity index is 305. The van der Waals surface area contributed by atoms with E-state index in [0.717, 1.165) is 3.57 Å². The first-order valence-corrected chi connectivity index (χ1v) is 4.74.